The normalized spacial score (nSPS) is 11.2. The zero-order valence-corrected chi connectivity index (χ0v) is 13.7. The van der Waals surface area contributed by atoms with Crippen LogP contribution in [-0.2, 0) is 22.7 Å². The van der Waals surface area contributed by atoms with Gasteiger partial charge >= 0.3 is 0 Å². The first kappa shape index (κ1) is 16.2. The molecular weight excluding hydrogens is 300 g/mol. The van der Waals surface area contributed by atoms with Crippen molar-refractivity contribution in [3.05, 3.63) is 34.8 Å². The van der Waals surface area contributed by atoms with Gasteiger partial charge in [-0.1, -0.05) is 26.8 Å². The Morgan fingerprint density at radius 3 is 2.77 bits per heavy atom. The van der Waals surface area contributed by atoms with Crippen molar-refractivity contribution >= 4 is 28.8 Å². The summed E-state index contributed by atoms with van der Waals surface area (Å²) in [5.74, 6) is -0.209. The van der Waals surface area contributed by atoms with Gasteiger partial charge < -0.3 is 10.6 Å². The third-order valence-electron chi connectivity index (χ3n) is 2.92. The summed E-state index contributed by atoms with van der Waals surface area (Å²) in [6.45, 7) is 6.16. The lowest BCUT2D eigenvalue weighted by Gasteiger charge is -2.16. The lowest BCUT2D eigenvalue weighted by atomic mass is 9.96. The van der Waals surface area contributed by atoms with E-state index >= 15 is 0 Å². The van der Waals surface area contributed by atoms with Gasteiger partial charge in [0.2, 0.25) is 11.8 Å². The predicted octanol–water partition coefficient (Wildman–Crippen LogP) is 2.25. The second kappa shape index (κ2) is 6.74. The minimum absolute atomic E-state index is 0.0887. The van der Waals surface area contributed by atoms with Crippen LogP contribution in [0.1, 0.15) is 25.6 Å². The lowest BCUT2D eigenvalue weighted by molar-refractivity contribution is -0.123. The molecule has 2 aromatic heterocycles. The van der Waals surface area contributed by atoms with E-state index < -0.39 is 5.41 Å². The van der Waals surface area contributed by atoms with E-state index in [0.29, 0.717) is 12.2 Å². The van der Waals surface area contributed by atoms with Crippen molar-refractivity contribution in [2.75, 3.05) is 5.32 Å². The first-order valence-corrected chi connectivity index (χ1v) is 7.85. The van der Waals surface area contributed by atoms with Crippen LogP contribution >= 0.6 is 11.3 Å². The molecule has 0 bridgehead atoms. The molecule has 2 N–H and O–H groups in total. The largest absolute Gasteiger partial charge is 0.350 e. The van der Waals surface area contributed by atoms with Crippen LogP contribution < -0.4 is 10.6 Å². The number of hydrogen-bond donors (Lipinski definition) is 2. The SMILES string of the molecule is CC(C)(C)C(=O)Nc1cnn(CC(=O)NCc2cccs2)c1. The van der Waals surface area contributed by atoms with Crippen molar-refractivity contribution in [2.45, 2.75) is 33.9 Å². The number of nitrogens with one attached hydrogen (secondary N) is 2. The number of nitrogens with zero attached hydrogens (tertiary/aromatic N) is 2. The molecule has 0 radical (unpaired) electrons. The molecule has 0 saturated heterocycles. The number of anilines is 1. The van der Waals surface area contributed by atoms with Crippen LogP contribution in [-0.4, -0.2) is 21.6 Å². The van der Waals surface area contributed by atoms with E-state index in [0.717, 1.165) is 4.88 Å². The Balaban J connectivity index is 1.83. The van der Waals surface area contributed by atoms with Gasteiger partial charge in [0.15, 0.2) is 0 Å². The van der Waals surface area contributed by atoms with E-state index in [4.69, 9.17) is 0 Å². The van der Waals surface area contributed by atoms with Crippen LogP contribution in [0.3, 0.4) is 0 Å². The Bertz CT molecular complexity index is 641. The van der Waals surface area contributed by atoms with Gasteiger partial charge in [-0.15, -0.1) is 11.3 Å². The summed E-state index contributed by atoms with van der Waals surface area (Å²) in [5.41, 5.74) is 0.117. The first-order chi connectivity index (χ1) is 10.3. The van der Waals surface area contributed by atoms with Crippen molar-refractivity contribution in [3.63, 3.8) is 0 Å². The number of carbonyl (C=O) groups is 2. The molecule has 2 aromatic rings. The molecule has 0 aliphatic heterocycles. The Kier molecular flexibility index (Phi) is 4.97. The van der Waals surface area contributed by atoms with E-state index in [1.807, 2.05) is 38.3 Å². The zero-order valence-electron chi connectivity index (χ0n) is 12.9. The highest BCUT2D eigenvalue weighted by Crippen LogP contribution is 2.16. The molecule has 2 heterocycles. The molecule has 0 spiro atoms. The topological polar surface area (TPSA) is 76.0 Å². The maximum Gasteiger partial charge on any atom is 0.242 e. The number of carbonyl (C=O) groups excluding carboxylic acids is 2. The molecule has 22 heavy (non-hydrogen) atoms. The van der Waals surface area contributed by atoms with E-state index in [9.17, 15) is 9.59 Å². The summed E-state index contributed by atoms with van der Waals surface area (Å²) in [6, 6.07) is 3.92. The summed E-state index contributed by atoms with van der Waals surface area (Å²) >= 11 is 1.60. The van der Waals surface area contributed by atoms with Crippen molar-refractivity contribution in [1.29, 1.82) is 0 Å². The average Bonchev–Trinajstić information content (AvgIpc) is 3.07. The quantitative estimate of drug-likeness (QED) is 0.887. The Morgan fingerprint density at radius 1 is 1.36 bits per heavy atom. The van der Waals surface area contributed by atoms with E-state index in [1.165, 1.54) is 10.9 Å². The molecule has 0 aliphatic carbocycles. The van der Waals surface area contributed by atoms with Crippen molar-refractivity contribution in [3.8, 4) is 0 Å². The third-order valence-corrected chi connectivity index (χ3v) is 3.79. The Labute approximate surface area is 133 Å². The van der Waals surface area contributed by atoms with Gasteiger partial charge in [0, 0.05) is 16.5 Å². The van der Waals surface area contributed by atoms with E-state index in [-0.39, 0.29) is 18.4 Å². The zero-order chi connectivity index (χ0) is 16.2. The fraction of sp³-hybridized carbons (Fsp3) is 0.400. The molecule has 2 rings (SSSR count). The summed E-state index contributed by atoms with van der Waals surface area (Å²) < 4.78 is 1.50. The third kappa shape index (κ3) is 4.70. The summed E-state index contributed by atoms with van der Waals surface area (Å²) in [6.07, 6.45) is 3.19. The summed E-state index contributed by atoms with van der Waals surface area (Å²) in [7, 11) is 0. The number of aromatic nitrogens is 2. The molecule has 0 fully saturated rings. The Morgan fingerprint density at radius 2 is 2.14 bits per heavy atom. The molecule has 0 aliphatic rings. The van der Waals surface area contributed by atoms with Crippen LogP contribution in [0.2, 0.25) is 0 Å². The maximum atomic E-state index is 11.9. The molecule has 2 amide bonds. The highest BCUT2D eigenvalue weighted by molar-refractivity contribution is 7.09. The highest BCUT2D eigenvalue weighted by atomic mass is 32.1. The van der Waals surface area contributed by atoms with Gasteiger partial charge in [-0.05, 0) is 11.4 Å². The summed E-state index contributed by atoms with van der Waals surface area (Å²) in [4.78, 5) is 24.8. The van der Waals surface area contributed by atoms with Gasteiger partial charge in [-0.25, -0.2) is 0 Å². The fourth-order valence-electron chi connectivity index (χ4n) is 1.64. The predicted molar refractivity (Wildman–Crippen MR) is 86.5 cm³/mol. The van der Waals surface area contributed by atoms with Gasteiger partial charge in [0.25, 0.3) is 0 Å². The second-order valence-corrected chi connectivity index (χ2v) is 7.02. The smallest absolute Gasteiger partial charge is 0.242 e. The van der Waals surface area contributed by atoms with Crippen molar-refractivity contribution in [2.24, 2.45) is 5.41 Å². The number of thiophene rings is 1. The van der Waals surface area contributed by atoms with Gasteiger partial charge in [0.05, 0.1) is 18.4 Å². The molecule has 0 aromatic carbocycles. The lowest BCUT2D eigenvalue weighted by Crippen LogP contribution is -2.27. The van der Waals surface area contributed by atoms with Gasteiger partial charge in [-0.3, -0.25) is 14.3 Å². The second-order valence-electron chi connectivity index (χ2n) is 5.99. The minimum atomic E-state index is -0.472. The molecular formula is C15H20N4O2S. The molecule has 7 heteroatoms. The molecule has 6 nitrogen and oxygen atoms in total. The van der Waals surface area contributed by atoms with Gasteiger partial charge in [0.1, 0.15) is 6.54 Å². The average molecular weight is 320 g/mol. The van der Waals surface area contributed by atoms with Crippen molar-refractivity contribution < 1.29 is 9.59 Å². The first-order valence-electron chi connectivity index (χ1n) is 6.97. The fourth-order valence-corrected chi connectivity index (χ4v) is 2.28. The highest BCUT2D eigenvalue weighted by Gasteiger charge is 2.21. The summed E-state index contributed by atoms with van der Waals surface area (Å²) in [5, 5.41) is 11.7. The number of amides is 2. The van der Waals surface area contributed by atoms with Gasteiger partial charge in [-0.2, -0.15) is 5.10 Å². The molecule has 0 unspecified atom stereocenters. The molecule has 0 atom stereocenters. The van der Waals surface area contributed by atoms with Crippen molar-refractivity contribution in [1.82, 2.24) is 15.1 Å². The monoisotopic (exact) mass is 320 g/mol. The standard InChI is InChI=1S/C15H20N4O2S/c1-15(2,3)14(21)18-11-7-17-19(9-11)10-13(20)16-8-12-5-4-6-22-12/h4-7,9H,8,10H2,1-3H3,(H,16,20)(H,18,21). The minimum Gasteiger partial charge on any atom is -0.350 e. The Hall–Kier alpha value is -2.15. The molecule has 0 saturated carbocycles. The van der Waals surface area contributed by atoms with Crippen LogP contribution in [0.5, 0.6) is 0 Å². The number of rotatable bonds is 5. The van der Waals surface area contributed by atoms with E-state index in [1.54, 1.807) is 17.5 Å². The molecule has 118 valence electrons. The van der Waals surface area contributed by atoms with Crippen LogP contribution in [0.15, 0.2) is 29.9 Å². The number of hydrogen-bond acceptors (Lipinski definition) is 4. The van der Waals surface area contributed by atoms with Crippen LogP contribution in [0, 0.1) is 5.41 Å². The van der Waals surface area contributed by atoms with Crippen LogP contribution in [0.4, 0.5) is 5.69 Å². The van der Waals surface area contributed by atoms with E-state index in [2.05, 4.69) is 15.7 Å². The van der Waals surface area contributed by atoms with Crippen LogP contribution in [0.25, 0.3) is 0 Å². The maximum absolute atomic E-state index is 11.9.